The number of hydrogen-bond acceptors (Lipinski definition) is 3. The number of urea groups is 1. The smallest absolute Gasteiger partial charge is 0.315 e. The maximum absolute atomic E-state index is 11.6. The summed E-state index contributed by atoms with van der Waals surface area (Å²) in [5.74, 6) is 0. The fourth-order valence-corrected chi connectivity index (χ4v) is 1.55. The second-order valence-corrected chi connectivity index (χ2v) is 4.20. The van der Waals surface area contributed by atoms with Gasteiger partial charge in [0.1, 0.15) is 0 Å². The lowest BCUT2D eigenvalue weighted by Gasteiger charge is -2.08. The van der Waals surface area contributed by atoms with Gasteiger partial charge in [-0.2, -0.15) is 0 Å². The summed E-state index contributed by atoms with van der Waals surface area (Å²) in [5, 5.41) is 5.68. The van der Waals surface area contributed by atoms with E-state index in [1.807, 2.05) is 49.4 Å². The van der Waals surface area contributed by atoms with Crippen molar-refractivity contribution in [3.63, 3.8) is 0 Å². The largest absolute Gasteiger partial charge is 0.334 e. The Bertz CT molecular complexity index is 442. The fraction of sp³-hybridized carbons (Fsp3) is 0.389. The molecule has 0 heterocycles. The molecule has 0 aliphatic carbocycles. The summed E-state index contributed by atoms with van der Waals surface area (Å²) in [6, 6.07) is 9.71. The Morgan fingerprint density at radius 2 is 1.70 bits per heavy atom. The number of nitrogens with one attached hydrogen (secondary N) is 2. The molecule has 0 aromatic heterocycles. The van der Waals surface area contributed by atoms with Gasteiger partial charge in [0.15, 0.2) is 0 Å². The molecule has 0 unspecified atom stereocenters. The van der Waals surface area contributed by atoms with Crippen LogP contribution in [0.3, 0.4) is 0 Å². The Morgan fingerprint density at radius 3 is 2.22 bits per heavy atom. The highest BCUT2D eigenvalue weighted by molar-refractivity contribution is 5.74. The van der Waals surface area contributed by atoms with Crippen molar-refractivity contribution in [3.8, 4) is 0 Å². The molecule has 0 fully saturated rings. The summed E-state index contributed by atoms with van der Waals surface area (Å²) in [6.45, 7) is 5.15. The molecular weight excluding hydrogens is 288 g/mol. The Morgan fingerprint density at radius 1 is 1.09 bits per heavy atom. The number of nitrogens with two attached hydrogens (primary N) is 2. The Balaban J connectivity index is 0. The van der Waals surface area contributed by atoms with Crippen LogP contribution in [0.4, 0.5) is 4.79 Å². The normalized spacial score (nSPS) is 10.1. The minimum absolute atomic E-state index is 0.145. The molecule has 0 aliphatic heterocycles. The molecule has 6 N–H and O–H groups in total. The first-order valence-corrected chi connectivity index (χ1v) is 7.79. The number of hydrogen-bond donors (Lipinski definition) is 4. The van der Waals surface area contributed by atoms with Crippen LogP contribution < -0.4 is 22.1 Å². The van der Waals surface area contributed by atoms with Gasteiger partial charge < -0.3 is 22.1 Å². The summed E-state index contributed by atoms with van der Waals surface area (Å²) < 4.78 is 0. The maximum atomic E-state index is 11.6. The third kappa shape index (κ3) is 13.3. The summed E-state index contributed by atoms with van der Waals surface area (Å²) in [5.41, 5.74) is 11.2. The SMILES string of the molecule is C/C=C(\C=C/CC)CNC(=O)NCc1ccccc1.CN.CN. The van der Waals surface area contributed by atoms with E-state index in [4.69, 9.17) is 0 Å². The molecule has 0 bridgehead atoms. The van der Waals surface area contributed by atoms with E-state index in [1.165, 1.54) is 14.1 Å². The van der Waals surface area contributed by atoms with Gasteiger partial charge in [0, 0.05) is 13.1 Å². The zero-order chi connectivity index (χ0) is 17.9. The zero-order valence-electron chi connectivity index (χ0n) is 14.8. The topological polar surface area (TPSA) is 93.2 Å². The van der Waals surface area contributed by atoms with Gasteiger partial charge in [-0.05, 0) is 38.6 Å². The predicted molar refractivity (Wildman–Crippen MR) is 100 cm³/mol. The van der Waals surface area contributed by atoms with Crippen molar-refractivity contribution < 1.29 is 4.79 Å². The molecule has 23 heavy (non-hydrogen) atoms. The Labute approximate surface area is 140 Å². The van der Waals surface area contributed by atoms with Crippen molar-refractivity contribution in [1.82, 2.24) is 10.6 Å². The van der Waals surface area contributed by atoms with Gasteiger partial charge in [-0.1, -0.05) is 55.5 Å². The highest BCUT2D eigenvalue weighted by atomic mass is 16.2. The standard InChI is InChI=1S/C16H22N2O.2CH5N/c1-3-5-9-14(4-2)12-17-16(19)18-13-15-10-7-6-8-11-15;2*1-2/h4-11H,3,12-13H2,1-2H3,(H2,17,18,19);2*2H2,1H3/b9-5-,14-4+;;. The lowest BCUT2D eigenvalue weighted by atomic mass is 10.2. The molecule has 0 atom stereocenters. The maximum Gasteiger partial charge on any atom is 0.315 e. The molecule has 5 heteroatoms. The first kappa shape index (κ1) is 23.2. The third-order valence-corrected chi connectivity index (χ3v) is 2.69. The van der Waals surface area contributed by atoms with Gasteiger partial charge in [-0.25, -0.2) is 4.79 Å². The van der Waals surface area contributed by atoms with Crippen molar-refractivity contribution in [2.45, 2.75) is 26.8 Å². The van der Waals surface area contributed by atoms with Crippen LogP contribution in [0.1, 0.15) is 25.8 Å². The van der Waals surface area contributed by atoms with Crippen molar-refractivity contribution >= 4 is 6.03 Å². The zero-order valence-corrected chi connectivity index (χ0v) is 14.8. The van der Waals surface area contributed by atoms with Gasteiger partial charge in [-0.3, -0.25) is 0 Å². The molecule has 0 aliphatic rings. The quantitative estimate of drug-likeness (QED) is 0.607. The van der Waals surface area contributed by atoms with Crippen molar-refractivity contribution in [2.75, 3.05) is 20.6 Å². The van der Waals surface area contributed by atoms with Gasteiger partial charge in [-0.15, -0.1) is 0 Å². The van der Waals surface area contributed by atoms with Crippen molar-refractivity contribution in [1.29, 1.82) is 0 Å². The van der Waals surface area contributed by atoms with Gasteiger partial charge in [0.05, 0.1) is 0 Å². The second kappa shape index (κ2) is 17.9. The molecule has 130 valence electrons. The molecule has 0 spiro atoms. The van der Waals surface area contributed by atoms with Crippen LogP contribution in [0, 0.1) is 0 Å². The summed E-state index contributed by atoms with van der Waals surface area (Å²) in [7, 11) is 3.00. The highest BCUT2D eigenvalue weighted by Crippen LogP contribution is 1.98. The summed E-state index contributed by atoms with van der Waals surface area (Å²) >= 11 is 0. The molecule has 1 rings (SSSR count). The first-order valence-electron chi connectivity index (χ1n) is 7.79. The Hall–Kier alpha value is -2.11. The molecular formula is C18H32N4O. The highest BCUT2D eigenvalue weighted by Gasteiger charge is 2.00. The molecule has 1 aromatic carbocycles. The molecule has 5 nitrogen and oxygen atoms in total. The average molecular weight is 320 g/mol. The minimum Gasteiger partial charge on any atom is -0.334 e. The van der Waals surface area contributed by atoms with E-state index in [0.29, 0.717) is 13.1 Å². The van der Waals surface area contributed by atoms with E-state index in [9.17, 15) is 4.79 Å². The van der Waals surface area contributed by atoms with E-state index in [1.54, 1.807) is 0 Å². The number of rotatable bonds is 6. The van der Waals surface area contributed by atoms with Crippen LogP contribution in [-0.4, -0.2) is 26.7 Å². The van der Waals surface area contributed by atoms with Gasteiger partial charge >= 0.3 is 6.03 Å². The van der Waals surface area contributed by atoms with Crippen molar-refractivity contribution in [2.24, 2.45) is 11.5 Å². The number of amides is 2. The van der Waals surface area contributed by atoms with Crippen molar-refractivity contribution in [3.05, 3.63) is 59.7 Å². The molecule has 0 radical (unpaired) electrons. The third-order valence-electron chi connectivity index (χ3n) is 2.69. The molecule has 0 saturated heterocycles. The molecule has 0 saturated carbocycles. The van der Waals surface area contributed by atoms with E-state index in [2.05, 4.69) is 35.1 Å². The van der Waals surface area contributed by atoms with Crippen LogP contribution in [-0.2, 0) is 6.54 Å². The monoisotopic (exact) mass is 320 g/mol. The molecule has 2 amide bonds. The van der Waals surface area contributed by atoms with E-state index in [-0.39, 0.29) is 6.03 Å². The predicted octanol–water partition coefficient (Wildman–Crippen LogP) is 2.55. The summed E-state index contributed by atoms with van der Waals surface area (Å²) in [4.78, 5) is 11.6. The van der Waals surface area contributed by atoms with Crippen LogP contribution in [0.5, 0.6) is 0 Å². The lowest BCUT2D eigenvalue weighted by molar-refractivity contribution is 0.241. The van der Waals surface area contributed by atoms with Gasteiger partial charge in [0.25, 0.3) is 0 Å². The van der Waals surface area contributed by atoms with Crippen LogP contribution >= 0.6 is 0 Å². The van der Waals surface area contributed by atoms with Crippen LogP contribution in [0.15, 0.2) is 54.1 Å². The first-order chi connectivity index (χ1) is 11.3. The van der Waals surface area contributed by atoms with E-state index >= 15 is 0 Å². The van der Waals surface area contributed by atoms with Gasteiger partial charge in [0.2, 0.25) is 0 Å². The van der Waals surface area contributed by atoms with Crippen LogP contribution in [0.2, 0.25) is 0 Å². The minimum atomic E-state index is -0.145. The number of carbonyl (C=O) groups is 1. The lowest BCUT2D eigenvalue weighted by Crippen LogP contribution is -2.35. The molecule has 1 aromatic rings. The number of benzene rings is 1. The second-order valence-electron chi connectivity index (χ2n) is 4.20. The number of allylic oxidation sites excluding steroid dienone is 2. The fourth-order valence-electron chi connectivity index (χ4n) is 1.55. The van der Waals surface area contributed by atoms with E-state index < -0.39 is 0 Å². The van der Waals surface area contributed by atoms with E-state index in [0.717, 1.165) is 17.6 Å². The number of carbonyl (C=O) groups excluding carboxylic acids is 1. The van der Waals surface area contributed by atoms with Crippen LogP contribution in [0.25, 0.3) is 0 Å². The Kier molecular flexibility index (Phi) is 18.1. The summed E-state index contributed by atoms with van der Waals surface area (Å²) in [6.07, 6.45) is 7.12. The average Bonchev–Trinajstić information content (AvgIpc) is 2.64.